The second kappa shape index (κ2) is 11.2. The maximum atomic E-state index is 10.2. The van der Waals surface area contributed by atoms with E-state index in [1.54, 1.807) is 0 Å². The second-order valence-electron chi connectivity index (χ2n) is 3.01. The highest BCUT2D eigenvalue weighted by atomic mass is 31.1. The molecule has 0 saturated heterocycles. The average Bonchev–Trinajstić information content (AvgIpc) is 2.36. The van der Waals surface area contributed by atoms with Crippen LogP contribution < -0.4 is 0 Å². The maximum absolute atomic E-state index is 10.2. The molecule has 0 saturated carbocycles. The van der Waals surface area contributed by atoms with Gasteiger partial charge in [-0.15, -0.1) is 0 Å². The molecule has 2 N–H and O–H groups in total. The Morgan fingerprint density at radius 3 is 2.35 bits per heavy atom. The topological polar surface area (TPSA) is 83.8 Å². The van der Waals surface area contributed by atoms with Crippen LogP contribution in [0.4, 0.5) is 0 Å². The number of carbonyl (C=O) groups is 1. The molecule has 0 atom stereocenters. The van der Waals surface area contributed by atoms with Gasteiger partial charge >= 0.3 is 14.7 Å². The predicted molar refractivity (Wildman–Crippen MR) is 63.0 cm³/mol. The highest BCUT2D eigenvalue weighted by molar-refractivity contribution is 7.17. The number of rotatable bonds is 6. The summed E-state index contributed by atoms with van der Waals surface area (Å²) in [5.41, 5.74) is 1.08. The van der Waals surface area contributed by atoms with Gasteiger partial charge in [0.1, 0.15) is 0 Å². The van der Waals surface area contributed by atoms with Crippen molar-refractivity contribution in [3.63, 3.8) is 0 Å². The minimum Gasteiger partial charge on any atom is -0.481 e. The lowest BCUT2D eigenvalue weighted by molar-refractivity contribution is -0.136. The van der Waals surface area contributed by atoms with E-state index in [0.717, 1.165) is 5.56 Å². The van der Waals surface area contributed by atoms with E-state index in [2.05, 4.69) is 4.52 Å². The van der Waals surface area contributed by atoms with E-state index in [1.165, 1.54) is 0 Å². The van der Waals surface area contributed by atoms with Gasteiger partial charge in [-0.3, -0.25) is 9.32 Å². The molecule has 6 heteroatoms. The Labute approximate surface area is 101 Å². The van der Waals surface area contributed by atoms with Crippen LogP contribution >= 0.6 is 8.69 Å². The van der Waals surface area contributed by atoms with Crippen LogP contribution in [0.25, 0.3) is 0 Å². The van der Waals surface area contributed by atoms with E-state index >= 15 is 0 Å². The molecule has 0 spiro atoms. The largest absolute Gasteiger partial charge is 0.481 e. The molecule has 0 unspecified atom stereocenters. The summed E-state index contributed by atoms with van der Waals surface area (Å²) in [6, 6.07) is 9.62. The molecular weight excluding hydrogens is 243 g/mol. The first-order valence-corrected chi connectivity index (χ1v) is 5.75. The van der Waals surface area contributed by atoms with Gasteiger partial charge in [-0.05, 0) is 12.0 Å². The van der Waals surface area contributed by atoms with Crippen LogP contribution in [-0.2, 0) is 20.3 Å². The number of carboxylic acids is 1. The van der Waals surface area contributed by atoms with Gasteiger partial charge in [0.05, 0.1) is 13.2 Å². The van der Waals surface area contributed by atoms with Crippen molar-refractivity contribution >= 4 is 14.7 Å². The Bertz CT molecular complexity index is 315. The number of benzene rings is 1. The molecule has 0 aliphatic heterocycles. The van der Waals surface area contributed by atoms with E-state index in [1.807, 2.05) is 30.3 Å². The van der Waals surface area contributed by atoms with Gasteiger partial charge in [0.25, 0.3) is 0 Å². The third-order valence-electron chi connectivity index (χ3n) is 1.71. The summed E-state index contributed by atoms with van der Waals surface area (Å²) in [6.45, 7) is 0.0697. The zero-order chi connectivity index (χ0) is 12.9. The minimum absolute atomic E-state index is 0.0742. The summed E-state index contributed by atoms with van der Waals surface area (Å²) in [7, 11) is -0.365. The molecule has 0 heterocycles. The van der Waals surface area contributed by atoms with Gasteiger partial charge in [0.2, 0.25) is 0 Å². The summed E-state index contributed by atoms with van der Waals surface area (Å²) in [6.07, 6.45) is 0.834. The van der Waals surface area contributed by atoms with E-state index in [0.29, 0.717) is 6.42 Å². The Morgan fingerprint density at radius 2 is 1.94 bits per heavy atom. The van der Waals surface area contributed by atoms with Gasteiger partial charge in [-0.25, -0.2) is 4.57 Å². The normalized spacial score (nSPS) is 9.47. The Balaban J connectivity index is 0.000000366. The van der Waals surface area contributed by atoms with Crippen LogP contribution in [0.2, 0.25) is 0 Å². The summed E-state index contributed by atoms with van der Waals surface area (Å²) >= 11 is 0. The number of hydrogen-bond donors (Lipinski definition) is 2. The monoisotopic (exact) mass is 258 g/mol. The van der Waals surface area contributed by atoms with Gasteiger partial charge in [0.15, 0.2) is 0 Å². The first-order chi connectivity index (χ1) is 8.20. The van der Waals surface area contributed by atoms with Crippen LogP contribution in [0, 0.1) is 0 Å². The first-order valence-electron chi connectivity index (χ1n) is 5.02. The van der Waals surface area contributed by atoms with E-state index in [-0.39, 0.29) is 28.3 Å². The molecule has 0 fully saturated rings. The van der Waals surface area contributed by atoms with Crippen molar-refractivity contribution in [2.45, 2.75) is 12.8 Å². The number of aliphatic carboxylic acids is 1. The quantitative estimate of drug-likeness (QED) is 0.601. The molecule has 0 aliphatic carbocycles. The fourth-order valence-corrected chi connectivity index (χ4v) is 1.13. The lowest BCUT2D eigenvalue weighted by Gasteiger charge is -1.95. The minimum atomic E-state index is -0.742. The van der Waals surface area contributed by atoms with Crippen LogP contribution in [0.3, 0.4) is 0 Å². The SMILES string of the molecule is O=C(O)CCc1ccccc1.O=POCCO. The molecule has 17 heavy (non-hydrogen) atoms. The Hall–Kier alpha value is -1.29. The van der Waals surface area contributed by atoms with Crippen molar-refractivity contribution < 1.29 is 24.1 Å². The molecule has 0 aromatic heterocycles. The number of aryl methyl sites for hydroxylation is 1. The third-order valence-corrected chi connectivity index (χ3v) is 1.99. The van der Waals surface area contributed by atoms with E-state index in [9.17, 15) is 9.36 Å². The van der Waals surface area contributed by atoms with Crippen LogP contribution in [0.1, 0.15) is 12.0 Å². The molecule has 1 aromatic carbocycles. The van der Waals surface area contributed by atoms with Gasteiger partial charge < -0.3 is 10.2 Å². The average molecular weight is 258 g/mol. The molecular formula is C11H15O5P. The third kappa shape index (κ3) is 11.0. The summed E-state index contributed by atoms with van der Waals surface area (Å²) < 4.78 is 13.5. The summed E-state index contributed by atoms with van der Waals surface area (Å²) in [4.78, 5) is 10.2. The molecule has 94 valence electrons. The van der Waals surface area contributed by atoms with E-state index in [4.69, 9.17) is 10.2 Å². The van der Waals surface area contributed by atoms with Crippen molar-refractivity contribution in [2.24, 2.45) is 0 Å². The number of aliphatic hydroxyl groups excluding tert-OH is 1. The van der Waals surface area contributed by atoms with Crippen molar-refractivity contribution in [2.75, 3.05) is 13.2 Å². The lowest BCUT2D eigenvalue weighted by atomic mass is 10.1. The fraction of sp³-hybridized carbons (Fsp3) is 0.364. The van der Waals surface area contributed by atoms with Gasteiger partial charge in [-0.2, -0.15) is 0 Å². The number of hydrogen-bond acceptors (Lipinski definition) is 4. The first kappa shape index (κ1) is 15.7. The molecule has 0 radical (unpaired) electrons. The second-order valence-corrected chi connectivity index (χ2v) is 3.42. The van der Waals surface area contributed by atoms with Crippen LogP contribution in [0.5, 0.6) is 0 Å². The fourth-order valence-electron chi connectivity index (χ4n) is 0.974. The molecule has 5 nitrogen and oxygen atoms in total. The number of aliphatic hydroxyl groups is 1. The zero-order valence-corrected chi connectivity index (χ0v) is 10.2. The highest BCUT2D eigenvalue weighted by Gasteiger charge is 1.96. The van der Waals surface area contributed by atoms with Gasteiger partial charge in [-0.1, -0.05) is 30.3 Å². The van der Waals surface area contributed by atoms with Crippen molar-refractivity contribution in [3.8, 4) is 0 Å². The highest BCUT2D eigenvalue weighted by Crippen LogP contribution is 2.01. The van der Waals surface area contributed by atoms with Crippen LogP contribution in [-0.4, -0.2) is 29.4 Å². The van der Waals surface area contributed by atoms with Gasteiger partial charge in [0, 0.05) is 6.42 Å². The molecule has 0 bridgehead atoms. The predicted octanol–water partition coefficient (Wildman–Crippen LogP) is 1.91. The molecule has 1 aromatic rings. The van der Waals surface area contributed by atoms with Crippen molar-refractivity contribution in [1.29, 1.82) is 0 Å². The number of carboxylic acid groups (broad SMARTS) is 1. The standard InChI is InChI=1S/C9H10O2.C2H5O3P/c10-9(11)7-6-8-4-2-1-3-5-8;3-1-2-5-6-4/h1-5H,6-7H2,(H,10,11);3H,1-2H2. The van der Waals surface area contributed by atoms with Crippen molar-refractivity contribution in [1.82, 2.24) is 0 Å². The smallest absolute Gasteiger partial charge is 0.327 e. The molecule has 1 rings (SSSR count). The maximum Gasteiger partial charge on any atom is 0.327 e. The van der Waals surface area contributed by atoms with Crippen molar-refractivity contribution in [3.05, 3.63) is 35.9 Å². The Kier molecular flexibility index (Phi) is 10.4. The zero-order valence-electron chi connectivity index (χ0n) is 9.28. The molecule has 0 aliphatic rings. The molecule has 0 amide bonds. The summed E-state index contributed by atoms with van der Waals surface area (Å²) in [5, 5.41) is 16.3. The van der Waals surface area contributed by atoms with Crippen LogP contribution in [0.15, 0.2) is 30.3 Å². The summed E-state index contributed by atoms with van der Waals surface area (Å²) in [5.74, 6) is -0.742. The lowest BCUT2D eigenvalue weighted by Crippen LogP contribution is -1.96. The Morgan fingerprint density at radius 1 is 1.29 bits per heavy atom. The van der Waals surface area contributed by atoms with E-state index < -0.39 is 5.97 Å².